The van der Waals surface area contributed by atoms with Crippen molar-refractivity contribution in [2.75, 3.05) is 50.5 Å². The Hall–Kier alpha value is -2.93. The number of hydrogen-bond acceptors (Lipinski definition) is 5. The van der Waals surface area contributed by atoms with E-state index < -0.39 is 0 Å². The van der Waals surface area contributed by atoms with Crippen molar-refractivity contribution in [3.63, 3.8) is 0 Å². The van der Waals surface area contributed by atoms with E-state index in [0.717, 1.165) is 49.5 Å². The van der Waals surface area contributed by atoms with Crippen molar-refractivity contribution in [1.82, 2.24) is 15.2 Å². The van der Waals surface area contributed by atoms with Crippen LogP contribution in [0.4, 0.5) is 11.5 Å². The van der Waals surface area contributed by atoms with Crippen molar-refractivity contribution in [3.8, 4) is 0 Å². The van der Waals surface area contributed by atoms with Crippen LogP contribution in [0.3, 0.4) is 0 Å². The minimum absolute atomic E-state index is 0.0706. The van der Waals surface area contributed by atoms with Gasteiger partial charge < -0.3 is 15.5 Å². The Morgan fingerprint density at radius 1 is 1.13 bits per heavy atom. The summed E-state index contributed by atoms with van der Waals surface area (Å²) >= 11 is 0. The average Bonchev–Trinajstić information content (AvgIpc) is 2.76. The first kappa shape index (κ1) is 21.8. The third-order valence-corrected chi connectivity index (χ3v) is 5.60. The molecule has 2 aromatic rings. The van der Waals surface area contributed by atoms with Gasteiger partial charge in [-0.3, -0.25) is 14.5 Å². The van der Waals surface area contributed by atoms with Gasteiger partial charge in [-0.05, 0) is 63.0 Å². The summed E-state index contributed by atoms with van der Waals surface area (Å²) in [7, 11) is 3.71. The van der Waals surface area contributed by atoms with Gasteiger partial charge in [0.2, 0.25) is 5.91 Å². The molecule has 1 aliphatic heterocycles. The summed E-state index contributed by atoms with van der Waals surface area (Å²) in [5, 5.41) is 5.58. The Bertz CT molecular complexity index is 843. The Kier molecular flexibility index (Phi) is 7.41. The molecule has 160 valence electrons. The van der Waals surface area contributed by atoms with Crippen molar-refractivity contribution in [1.29, 1.82) is 0 Å². The van der Waals surface area contributed by atoms with Gasteiger partial charge in [0.15, 0.2) is 0 Å². The van der Waals surface area contributed by atoms with Crippen LogP contribution in [0.5, 0.6) is 0 Å². The number of piperidine rings is 1. The smallest absolute Gasteiger partial charge is 0.257 e. The van der Waals surface area contributed by atoms with Crippen LogP contribution in [0.25, 0.3) is 0 Å². The number of carbonyl (C=O) groups excluding carboxylic acids is 2. The Morgan fingerprint density at radius 3 is 2.43 bits per heavy atom. The largest absolute Gasteiger partial charge is 0.359 e. The highest BCUT2D eigenvalue weighted by Crippen LogP contribution is 2.20. The van der Waals surface area contributed by atoms with Crippen molar-refractivity contribution in [2.45, 2.75) is 19.8 Å². The number of anilines is 2. The van der Waals surface area contributed by atoms with E-state index in [1.165, 1.54) is 0 Å². The number of aryl methyl sites for hydroxylation is 1. The van der Waals surface area contributed by atoms with Gasteiger partial charge in [-0.1, -0.05) is 17.7 Å². The molecule has 0 saturated carbocycles. The van der Waals surface area contributed by atoms with Crippen molar-refractivity contribution >= 4 is 23.3 Å². The van der Waals surface area contributed by atoms with E-state index in [-0.39, 0.29) is 11.8 Å². The fourth-order valence-electron chi connectivity index (χ4n) is 3.68. The number of likely N-dealkylation sites (tertiary alicyclic amines) is 1. The van der Waals surface area contributed by atoms with Gasteiger partial charge in [0.25, 0.3) is 5.91 Å². The van der Waals surface area contributed by atoms with Crippen molar-refractivity contribution in [2.24, 2.45) is 5.92 Å². The number of aromatic nitrogens is 1. The molecule has 2 heterocycles. The highest BCUT2D eigenvalue weighted by molar-refractivity contribution is 6.04. The first-order valence-corrected chi connectivity index (χ1v) is 10.4. The zero-order chi connectivity index (χ0) is 21.5. The van der Waals surface area contributed by atoms with E-state index in [1.807, 2.05) is 50.4 Å². The van der Waals surface area contributed by atoms with E-state index in [1.54, 1.807) is 13.2 Å². The molecule has 0 radical (unpaired) electrons. The molecule has 2 N–H and O–H groups in total. The molecule has 1 aliphatic rings. The van der Waals surface area contributed by atoms with Gasteiger partial charge in [-0.2, -0.15) is 0 Å². The molecule has 3 rings (SSSR count). The lowest BCUT2D eigenvalue weighted by Gasteiger charge is -2.33. The van der Waals surface area contributed by atoms with Crippen LogP contribution in [0.2, 0.25) is 0 Å². The molecule has 0 bridgehead atoms. The lowest BCUT2D eigenvalue weighted by atomic mass is 9.96. The fourth-order valence-corrected chi connectivity index (χ4v) is 3.68. The number of rotatable bonds is 7. The minimum atomic E-state index is -0.163. The summed E-state index contributed by atoms with van der Waals surface area (Å²) in [6.45, 7) is 5.29. The maximum atomic E-state index is 12.4. The van der Waals surface area contributed by atoms with Crippen LogP contribution in [-0.4, -0.2) is 62.0 Å². The quantitative estimate of drug-likeness (QED) is 0.735. The molecule has 7 nitrogen and oxygen atoms in total. The van der Waals surface area contributed by atoms with Gasteiger partial charge in [-0.15, -0.1) is 0 Å². The van der Waals surface area contributed by atoms with Gasteiger partial charge in [0, 0.05) is 32.5 Å². The minimum Gasteiger partial charge on any atom is -0.359 e. The van der Waals surface area contributed by atoms with Gasteiger partial charge >= 0.3 is 0 Å². The molecule has 7 heteroatoms. The number of likely N-dealkylation sites (N-methyl/N-ethyl adjacent to an activating group) is 1. The van der Waals surface area contributed by atoms with E-state index >= 15 is 0 Å². The highest BCUT2D eigenvalue weighted by Gasteiger charge is 2.22. The number of nitrogens with one attached hydrogen (secondary N) is 2. The van der Waals surface area contributed by atoms with Crippen LogP contribution in [0.1, 0.15) is 28.8 Å². The Morgan fingerprint density at radius 2 is 1.83 bits per heavy atom. The van der Waals surface area contributed by atoms with E-state index in [2.05, 4.69) is 25.4 Å². The van der Waals surface area contributed by atoms with Gasteiger partial charge in [0.05, 0.1) is 12.1 Å². The lowest BCUT2D eigenvalue weighted by Crippen LogP contribution is -2.42. The number of amides is 2. The number of benzene rings is 1. The maximum Gasteiger partial charge on any atom is 0.257 e. The normalized spacial score (nSPS) is 14.9. The molecular weight excluding hydrogens is 378 g/mol. The molecule has 1 aromatic heterocycles. The number of carbonyl (C=O) groups is 2. The van der Waals surface area contributed by atoms with Crippen LogP contribution < -0.4 is 15.5 Å². The molecule has 0 atom stereocenters. The summed E-state index contributed by atoms with van der Waals surface area (Å²) < 4.78 is 0. The highest BCUT2D eigenvalue weighted by atomic mass is 16.2. The molecule has 1 aromatic carbocycles. The zero-order valence-electron chi connectivity index (χ0n) is 18.0. The van der Waals surface area contributed by atoms with Crippen LogP contribution in [-0.2, 0) is 4.79 Å². The Balaban J connectivity index is 1.49. The lowest BCUT2D eigenvalue weighted by molar-refractivity contribution is -0.122. The standard InChI is InChI=1S/C23H31N5O2/c1-17-4-7-20(8-5-17)26-23(30)19-6-9-21(25-14-19)27(3)15-18-10-12-28(13-11-18)16-22(29)24-2/h4-9,14,18H,10-13,15-16H2,1-3H3,(H,24,29)(H,26,30). The van der Waals surface area contributed by atoms with Gasteiger partial charge in [-0.25, -0.2) is 4.98 Å². The second kappa shape index (κ2) is 10.2. The molecule has 0 spiro atoms. The zero-order valence-corrected chi connectivity index (χ0v) is 18.0. The molecule has 1 saturated heterocycles. The summed E-state index contributed by atoms with van der Waals surface area (Å²) in [6, 6.07) is 11.4. The molecule has 1 fully saturated rings. The third kappa shape index (κ3) is 6.03. The maximum absolute atomic E-state index is 12.4. The van der Waals surface area contributed by atoms with Crippen molar-refractivity contribution < 1.29 is 9.59 Å². The van der Waals surface area contributed by atoms with Crippen molar-refractivity contribution in [3.05, 3.63) is 53.7 Å². The number of nitrogens with zero attached hydrogens (tertiary/aromatic N) is 3. The SMILES string of the molecule is CNC(=O)CN1CCC(CN(C)c2ccc(C(=O)Nc3ccc(C)cc3)cn2)CC1. The van der Waals surface area contributed by atoms with Gasteiger partial charge in [0.1, 0.15) is 5.82 Å². The predicted molar refractivity (Wildman–Crippen MR) is 120 cm³/mol. The molecular formula is C23H31N5O2. The topological polar surface area (TPSA) is 77.6 Å². The summed E-state index contributed by atoms with van der Waals surface area (Å²) in [4.78, 5) is 32.8. The molecule has 0 unspecified atom stereocenters. The predicted octanol–water partition coefficient (Wildman–Crippen LogP) is 2.54. The van der Waals surface area contributed by atoms with Crippen LogP contribution in [0.15, 0.2) is 42.6 Å². The molecule has 30 heavy (non-hydrogen) atoms. The number of hydrogen-bond donors (Lipinski definition) is 2. The average molecular weight is 410 g/mol. The first-order valence-electron chi connectivity index (χ1n) is 10.4. The van der Waals surface area contributed by atoms with E-state index in [4.69, 9.17) is 0 Å². The third-order valence-electron chi connectivity index (χ3n) is 5.60. The molecule has 0 aliphatic carbocycles. The second-order valence-electron chi connectivity index (χ2n) is 8.00. The fraction of sp³-hybridized carbons (Fsp3) is 0.435. The van der Waals surface area contributed by atoms with E-state index in [9.17, 15) is 9.59 Å². The molecule has 2 amide bonds. The second-order valence-corrected chi connectivity index (χ2v) is 8.00. The summed E-state index contributed by atoms with van der Waals surface area (Å²) in [6.07, 6.45) is 3.76. The Labute approximate surface area is 178 Å². The van der Waals surface area contributed by atoms with Crippen LogP contribution in [0, 0.1) is 12.8 Å². The van der Waals surface area contributed by atoms with Crippen LogP contribution >= 0.6 is 0 Å². The monoisotopic (exact) mass is 409 g/mol. The number of pyridine rings is 1. The summed E-state index contributed by atoms with van der Waals surface area (Å²) in [5.74, 6) is 1.34. The van der Waals surface area contributed by atoms with E-state index in [0.29, 0.717) is 18.0 Å². The first-order chi connectivity index (χ1) is 14.4. The summed E-state index contributed by atoms with van der Waals surface area (Å²) in [5.41, 5.74) is 2.46.